The molecule has 0 spiro atoms. The summed E-state index contributed by atoms with van der Waals surface area (Å²) in [6, 6.07) is 12.8. The molecule has 1 heterocycles. The largest absolute Gasteiger partial charge is 0.369 e. The molecule has 2 aromatic rings. The number of piperazine rings is 1. The van der Waals surface area contributed by atoms with Crippen LogP contribution in [0.5, 0.6) is 0 Å². The molecule has 1 aliphatic heterocycles. The molecule has 1 fully saturated rings. The van der Waals surface area contributed by atoms with Crippen molar-refractivity contribution in [1.82, 2.24) is 4.31 Å². The van der Waals surface area contributed by atoms with E-state index in [0.717, 1.165) is 5.69 Å². The minimum absolute atomic E-state index is 0.00766. The van der Waals surface area contributed by atoms with Gasteiger partial charge in [-0.2, -0.15) is 4.31 Å². The lowest BCUT2D eigenvalue weighted by atomic mass is 10.2. The van der Waals surface area contributed by atoms with Crippen LogP contribution in [0, 0.1) is 0 Å². The molecule has 0 aromatic heterocycles. The summed E-state index contributed by atoms with van der Waals surface area (Å²) in [5.74, 6) is 0. The second-order valence-electron chi connectivity index (χ2n) is 5.40. The van der Waals surface area contributed by atoms with Crippen LogP contribution in [0.25, 0.3) is 0 Å². The number of hydrogen-bond donors (Lipinski definition) is 0. The van der Waals surface area contributed by atoms with Crippen molar-refractivity contribution in [1.29, 1.82) is 0 Å². The summed E-state index contributed by atoms with van der Waals surface area (Å²) in [6.07, 6.45) is 0. The van der Waals surface area contributed by atoms with Crippen LogP contribution in [0.1, 0.15) is 0 Å². The van der Waals surface area contributed by atoms with Gasteiger partial charge in [0.1, 0.15) is 4.90 Å². The number of benzene rings is 2. The highest BCUT2D eigenvalue weighted by Crippen LogP contribution is 2.36. The van der Waals surface area contributed by atoms with E-state index in [1.54, 1.807) is 0 Å². The molecule has 0 radical (unpaired) electrons. The van der Waals surface area contributed by atoms with Crippen molar-refractivity contribution in [3.63, 3.8) is 0 Å². The second-order valence-corrected chi connectivity index (χ2v) is 8.47. The van der Waals surface area contributed by atoms with Crippen molar-refractivity contribution < 1.29 is 8.42 Å². The zero-order chi connectivity index (χ0) is 17.3. The number of nitrogens with zero attached hydrogens (tertiary/aromatic N) is 2. The Balaban J connectivity index is 1.80. The molecule has 128 valence electrons. The van der Waals surface area contributed by atoms with E-state index in [1.807, 2.05) is 30.3 Å². The van der Waals surface area contributed by atoms with Gasteiger partial charge in [-0.1, -0.05) is 53.0 Å². The maximum Gasteiger partial charge on any atom is 0.244 e. The molecule has 0 amide bonds. The van der Waals surface area contributed by atoms with E-state index in [9.17, 15) is 8.42 Å². The highest BCUT2D eigenvalue weighted by atomic mass is 35.5. The smallest absolute Gasteiger partial charge is 0.244 e. The van der Waals surface area contributed by atoms with E-state index in [2.05, 4.69) is 4.90 Å². The lowest BCUT2D eigenvalue weighted by molar-refractivity contribution is 0.385. The van der Waals surface area contributed by atoms with E-state index in [-0.39, 0.29) is 20.0 Å². The topological polar surface area (TPSA) is 40.6 Å². The predicted octanol–water partition coefficient (Wildman–Crippen LogP) is 4.16. The fraction of sp³-hybridized carbons (Fsp3) is 0.250. The normalized spacial score (nSPS) is 16.4. The number of rotatable bonds is 3. The van der Waals surface area contributed by atoms with E-state index in [1.165, 1.54) is 16.4 Å². The van der Waals surface area contributed by atoms with Gasteiger partial charge in [-0.05, 0) is 24.3 Å². The molecule has 1 saturated heterocycles. The van der Waals surface area contributed by atoms with E-state index >= 15 is 0 Å². The van der Waals surface area contributed by atoms with Gasteiger partial charge in [0.15, 0.2) is 0 Å². The number of halogens is 3. The van der Waals surface area contributed by atoms with Crippen molar-refractivity contribution >= 4 is 50.5 Å². The van der Waals surface area contributed by atoms with Gasteiger partial charge in [-0.3, -0.25) is 0 Å². The summed E-state index contributed by atoms with van der Waals surface area (Å²) in [4.78, 5) is 2.15. The zero-order valence-corrected chi connectivity index (χ0v) is 15.7. The van der Waals surface area contributed by atoms with E-state index in [4.69, 9.17) is 34.8 Å². The monoisotopic (exact) mass is 404 g/mol. The Bertz CT molecular complexity index is 836. The average Bonchev–Trinajstić information content (AvgIpc) is 2.60. The van der Waals surface area contributed by atoms with Gasteiger partial charge in [-0.25, -0.2) is 8.42 Å². The summed E-state index contributed by atoms with van der Waals surface area (Å²) >= 11 is 17.9. The first-order valence-corrected chi connectivity index (χ1v) is 9.92. The minimum atomic E-state index is -3.71. The Morgan fingerprint density at radius 1 is 0.792 bits per heavy atom. The van der Waals surface area contributed by atoms with Crippen molar-refractivity contribution in [2.24, 2.45) is 0 Å². The summed E-state index contributed by atoms with van der Waals surface area (Å²) in [6.45, 7) is 1.99. The van der Waals surface area contributed by atoms with Gasteiger partial charge in [0, 0.05) is 31.9 Å². The fourth-order valence-corrected chi connectivity index (χ4v) is 5.05. The molecular weight excluding hydrogens is 391 g/mol. The lowest BCUT2D eigenvalue weighted by Crippen LogP contribution is -2.48. The van der Waals surface area contributed by atoms with Crippen LogP contribution in [0.3, 0.4) is 0 Å². The molecule has 0 bridgehead atoms. The summed E-state index contributed by atoms with van der Waals surface area (Å²) in [7, 11) is -3.71. The molecular formula is C16H15Cl3N2O2S. The molecule has 0 N–H and O–H groups in total. The van der Waals surface area contributed by atoms with Crippen LogP contribution in [0.4, 0.5) is 5.69 Å². The van der Waals surface area contributed by atoms with E-state index in [0.29, 0.717) is 26.2 Å². The van der Waals surface area contributed by atoms with Crippen molar-refractivity contribution in [2.45, 2.75) is 4.90 Å². The van der Waals surface area contributed by atoms with Crippen LogP contribution < -0.4 is 4.90 Å². The van der Waals surface area contributed by atoms with E-state index < -0.39 is 10.0 Å². The summed E-state index contributed by atoms with van der Waals surface area (Å²) in [5, 5.41) is 0.256. The van der Waals surface area contributed by atoms with Gasteiger partial charge in [0.05, 0.1) is 15.1 Å². The quantitative estimate of drug-likeness (QED) is 0.720. The standard InChI is InChI=1S/C16H15Cl3N2O2S/c17-13-6-7-14(16(19)15(13)18)24(22,23)21-10-8-20(9-11-21)12-4-2-1-3-5-12/h1-7H,8-11H2. The minimum Gasteiger partial charge on any atom is -0.369 e. The maximum absolute atomic E-state index is 12.8. The number of hydrogen-bond acceptors (Lipinski definition) is 3. The second kappa shape index (κ2) is 7.10. The third-order valence-corrected chi connectivity index (χ3v) is 7.32. The molecule has 0 aliphatic carbocycles. The van der Waals surface area contributed by atoms with Gasteiger partial charge >= 0.3 is 0 Å². The molecule has 1 aliphatic rings. The molecule has 0 saturated carbocycles. The molecule has 24 heavy (non-hydrogen) atoms. The molecule has 4 nitrogen and oxygen atoms in total. The molecule has 2 aromatic carbocycles. The highest BCUT2D eigenvalue weighted by Gasteiger charge is 2.31. The van der Waals surface area contributed by atoms with Crippen LogP contribution >= 0.6 is 34.8 Å². The highest BCUT2D eigenvalue weighted by molar-refractivity contribution is 7.89. The predicted molar refractivity (Wildman–Crippen MR) is 98.9 cm³/mol. The maximum atomic E-state index is 12.8. The number of anilines is 1. The molecule has 8 heteroatoms. The van der Waals surface area contributed by atoms with Crippen LogP contribution in [0.15, 0.2) is 47.4 Å². The van der Waals surface area contributed by atoms with Gasteiger partial charge in [0.2, 0.25) is 10.0 Å². The Morgan fingerprint density at radius 2 is 1.42 bits per heavy atom. The molecule has 3 rings (SSSR count). The molecule has 0 unspecified atom stereocenters. The van der Waals surface area contributed by atoms with Gasteiger partial charge in [-0.15, -0.1) is 0 Å². The van der Waals surface area contributed by atoms with Gasteiger partial charge in [0.25, 0.3) is 0 Å². The van der Waals surface area contributed by atoms with Gasteiger partial charge < -0.3 is 4.90 Å². The first-order valence-electron chi connectivity index (χ1n) is 7.35. The van der Waals surface area contributed by atoms with Crippen LogP contribution in [-0.2, 0) is 10.0 Å². The summed E-state index contributed by atoms with van der Waals surface area (Å²) < 4.78 is 27.1. The molecule has 0 atom stereocenters. The number of sulfonamides is 1. The van der Waals surface area contributed by atoms with Crippen molar-refractivity contribution in [3.05, 3.63) is 57.5 Å². The SMILES string of the molecule is O=S(=O)(c1ccc(Cl)c(Cl)c1Cl)N1CCN(c2ccccc2)CC1. The Morgan fingerprint density at radius 3 is 2.04 bits per heavy atom. The summed E-state index contributed by atoms with van der Waals surface area (Å²) in [5.41, 5.74) is 1.09. The first-order chi connectivity index (χ1) is 11.4. The average molecular weight is 406 g/mol. The Labute approximate surface area is 156 Å². The van der Waals surface area contributed by atoms with Crippen LogP contribution in [-0.4, -0.2) is 38.9 Å². The third kappa shape index (κ3) is 3.37. The van der Waals surface area contributed by atoms with Crippen LogP contribution in [0.2, 0.25) is 15.1 Å². The zero-order valence-electron chi connectivity index (χ0n) is 12.6. The van der Waals surface area contributed by atoms with Crippen molar-refractivity contribution in [2.75, 3.05) is 31.1 Å². The fourth-order valence-electron chi connectivity index (χ4n) is 2.67. The first kappa shape index (κ1) is 17.8. The Hall–Kier alpha value is -0.980. The van der Waals surface area contributed by atoms with Crippen molar-refractivity contribution in [3.8, 4) is 0 Å². The lowest BCUT2D eigenvalue weighted by Gasteiger charge is -2.35. The third-order valence-electron chi connectivity index (χ3n) is 3.98. The Kier molecular flexibility index (Phi) is 5.27. The number of para-hydroxylation sites is 1.